The zero-order valence-corrected chi connectivity index (χ0v) is 13.4. The topological polar surface area (TPSA) is 29.1 Å². The number of carbonyl (C=O) groups is 1. The number of amides is 1. The second kappa shape index (κ2) is 7.60. The third-order valence-electron chi connectivity index (χ3n) is 3.64. The molecule has 2 aromatic carbocycles. The highest BCUT2D eigenvalue weighted by Crippen LogP contribution is 2.23. The average molecular weight is 293 g/mol. The number of benzene rings is 2. The molecule has 22 heavy (non-hydrogen) atoms. The molecule has 0 radical (unpaired) electrons. The second-order valence-corrected chi connectivity index (χ2v) is 5.59. The van der Waals surface area contributed by atoms with Gasteiger partial charge in [0.25, 0.3) is 0 Å². The van der Waals surface area contributed by atoms with Gasteiger partial charge in [0.1, 0.15) is 0 Å². The molecule has 0 aliphatic heterocycles. The van der Waals surface area contributed by atoms with Crippen molar-refractivity contribution in [3.8, 4) is 11.1 Å². The van der Waals surface area contributed by atoms with Crippen LogP contribution >= 0.6 is 0 Å². The lowest BCUT2D eigenvalue weighted by molar-refractivity contribution is -0.116. The predicted octanol–water partition coefficient (Wildman–Crippen LogP) is 5.52. The average Bonchev–Trinajstić information content (AvgIpc) is 2.54. The molecule has 2 heteroatoms. The van der Waals surface area contributed by atoms with Crippen molar-refractivity contribution in [3.63, 3.8) is 0 Å². The Bertz CT molecular complexity index is 638. The molecule has 0 aliphatic rings. The number of hydrogen-bond donors (Lipinski definition) is 1. The predicted molar refractivity (Wildman–Crippen MR) is 94.7 cm³/mol. The van der Waals surface area contributed by atoms with Crippen LogP contribution in [0.1, 0.15) is 38.7 Å². The number of nitrogens with one attached hydrogen (secondary N) is 1. The Labute approximate surface area is 132 Å². The Hall–Kier alpha value is -2.35. The van der Waals surface area contributed by atoms with Gasteiger partial charge < -0.3 is 5.32 Å². The van der Waals surface area contributed by atoms with Crippen LogP contribution in [-0.4, -0.2) is 5.91 Å². The largest absolute Gasteiger partial charge is 0.326 e. The van der Waals surface area contributed by atoms with Crippen LogP contribution in [0.4, 0.5) is 5.69 Å². The molecule has 0 aliphatic carbocycles. The summed E-state index contributed by atoms with van der Waals surface area (Å²) in [6.45, 7) is 8.04. The summed E-state index contributed by atoms with van der Waals surface area (Å²) in [5.41, 5.74) is 5.37. The van der Waals surface area contributed by atoms with Gasteiger partial charge in [-0.3, -0.25) is 4.79 Å². The first kappa shape index (κ1) is 16.0. The van der Waals surface area contributed by atoms with E-state index in [1.807, 2.05) is 31.2 Å². The van der Waals surface area contributed by atoms with Crippen molar-refractivity contribution in [2.75, 3.05) is 5.32 Å². The smallest absolute Gasteiger partial charge is 0.224 e. The van der Waals surface area contributed by atoms with Gasteiger partial charge in [0, 0.05) is 12.1 Å². The van der Waals surface area contributed by atoms with Crippen molar-refractivity contribution in [2.24, 2.45) is 0 Å². The Balaban J connectivity index is 2.05. The number of unbranched alkanes of at least 4 members (excludes halogenated alkanes) is 1. The molecule has 0 heterocycles. The summed E-state index contributed by atoms with van der Waals surface area (Å²) in [7, 11) is 0. The standard InChI is InChI=1S/C20H23NO/c1-4-5-6-20(22)21-19-13-11-18(12-14-19)17-9-7-16(8-10-17)15(2)3/h7-14H,2,4-6H2,1,3H3,(H,21,22). The molecule has 1 N–H and O–H groups in total. The number of hydrogen-bond acceptors (Lipinski definition) is 1. The first-order valence-corrected chi connectivity index (χ1v) is 7.76. The lowest BCUT2D eigenvalue weighted by atomic mass is 10.0. The molecule has 0 saturated heterocycles. The van der Waals surface area contributed by atoms with Gasteiger partial charge >= 0.3 is 0 Å². The Morgan fingerprint density at radius 2 is 1.55 bits per heavy atom. The second-order valence-electron chi connectivity index (χ2n) is 5.59. The van der Waals surface area contributed by atoms with Crippen molar-refractivity contribution in [1.82, 2.24) is 0 Å². The van der Waals surface area contributed by atoms with Crippen LogP contribution in [0.2, 0.25) is 0 Å². The van der Waals surface area contributed by atoms with Crippen LogP contribution in [0.25, 0.3) is 16.7 Å². The van der Waals surface area contributed by atoms with Crippen molar-refractivity contribution in [3.05, 3.63) is 60.7 Å². The van der Waals surface area contributed by atoms with Crippen LogP contribution in [-0.2, 0) is 4.79 Å². The van der Waals surface area contributed by atoms with Gasteiger partial charge in [-0.25, -0.2) is 0 Å². The molecule has 0 atom stereocenters. The molecule has 114 valence electrons. The Morgan fingerprint density at radius 1 is 1.00 bits per heavy atom. The minimum Gasteiger partial charge on any atom is -0.326 e. The third-order valence-corrected chi connectivity index (χ3v) is 3.64. The van der Waals surface area contributed by atoms with Crippen molar-refractivity contribution in [2.45, 2.75) is 33.1 Å². The van der Waals surface area contributed by atoms with Crippen LogP contribution in [0.15, 0.2) is 55.1 Å². The quantitative estimate of drug-likeness (QED) is 0.747. The van der Waals surface area contributed by atoms with Crippen LogP contribution in [0, 0.1) is 0 Å². The van der Waals surface area contributed by atoms with Crippen LogP contribution in [0.3, 0.4) is 0 Å². The molecule has 0 bridgehead atoms. The van der Waals surface area contributed by atoms with Gasteiger partial charge in [-0.05, 0) is 42.2 Å². The summed E-state index contributed by atoms with van der Waals surface area (Å²) >= 11 is 0. The fourth-order valence-electron chi connectivity index (χ4n) is 2.25. The Kier molecular flexibility index (Phi) is 5.54. The first-order chi connectivity index (χ1) is 10.6. The van der Waals surface area contributed by atoms with E-state index < -0.39 is 0 Å². The maximum absolute atomic E-state index is 11.7. The van der Waals surface area contributed by atoms with E-state index in [1.54, 1.807) is 0 Å². The van der Waals surface area contributed by atoms with Crippen molar-refractivity contribution >= 4 is 17.2 Å². The summed E-state index contributed by atoms with van der Waals surface area (Å²) in [6, 6.07) is 16.3. The molecule has 0 fully saturated rings. The van der Waals surface area contributed by atoms with E-state index in [-0.39, 0.29) is 5.91 Å². The summed E-state index contributed by atoms with van der Waals surface area (Å²) in [6.07, 6.45) is 2.55. The molecule has 1 amide bonds. The molecular weight excluding hydrogens is 270 g/mol. The summed E-state index contributed by atoms with van der Waals surface area (Å²) in [5.74, 6) is 0.0837. The maximum Gasteiger partial charge on any atom is 0.224 e. The van der Waals surface area contributed by atoms with E-state index >= 15 is 0 Å². The van der Waals surface area contributed by atoms with E-state index in [4.69, 9.17) is 0 Å². The Morgan fingerprint density at radius 3 is 2.05 bits per heavy atom. The highest BCUT2D eigenvalue weighted by Gasteiger charge is 2.03. The minimum absolute atomic E-state index is 0.0837. The van der Waals surface area contributed by atoms with Gasteiger partial charge in [0.15, 0.2) is 0 Å². The fourth-order valence-corrected chi connectivity index (χ4v) is 2.25. The van der Waals surface area contributed by atoms with E-state index in [0.29, 0.717) is 6.42 Å². The molecule has 2 nitrogen and oxygen atoms in total. The van der Waals surface area contributed by atoms with Crippen LogP contribution < -0.4 is 5.32 Å². The lowest BCUT2D eigenvalue weighted by Gasteiger charge is -2.07. The molecule has 0 spiro atoms. The molecule has 2 rings (SSSR count). The number of allylic oxidation sites excluding steroid dienone is 1. The van der Waals surface area contributed by atoms with Gasteiger partial charge in [-0.2, -0.15) is 0 Å². The van der Waals surface area contributed by atoms with E-state index in [9.17, 15) is 4.79 Å². The molecule has 0 aromatic heterocycles. The van der Waals surface area contributed by atoms with Gasteiger partial charge in [0.05, 0.1) is 0 Å². The highest BCUT2D eigenvalue weighted by molar-refractivity contribution is 5.91. The van der Waals surface area contributed by atoms with Gasteiger partial charge in [-0.1, -0.05) is 61.9 Å². The number of carbonyl (C=O) groups excluding carboxylic acids is 1. The molecule has 0 unspecified atom stereocenters. The number of rotatable bonds is 6. The van der Waals surface area contributed by atoms with E-state index in [2.05, 4.69) is 43.1 Å². The third kappa shape index (κ3) is 4.32. The molecule has 2 aromatic rings. The number of anilines is 1. The normalized spacial score (nSPS) is 10.3. The zero-order valence-electron chi connectivity index (χ0n) is 13.4. The van der Waals surface area contributed by atoms with Crippen molar-refractivity contribution < 1.29 is 4.79 Å². The highest BCUT2D eigenvalue weighted by atomic mass is 16.1. The summed E-state index contributed by atoms with van der Waals surface area (Å²) < 4.78 is 0. The zero-order chi connectivity index (χ0) is 15.9. The summed E-state index contributed by atoms with van der Waals surface area (Å²) in [5, 5.41) is 2.93. The van der Waals surface area contributed by atoms with E-state index in [1.165, 1.54) is 0 Å². The monoisotopic (exact) mass is 293 g/mol. The first-order valence-electron chi connectivity index (χ1n) is 7.76. The minimum atomic E-state index is 0.0837. The molecule has 0 saturated carbocycles. The SMILES string of the molecule is C=C(C)c1ccc(-c2ccc(NC(=O)CCCC)cc2)cc1. The molecular formula is C20H23NO. The fraction of sp³-hybridized carbons (Fsp3) is 0.250. The van der Waals surface area contributed by atoms with Crippen LogP contribution in [0.5, 0.6) is 0 Å². The van der Waals surface area contributed by atoms with Gasteiger partial charge in [0.2, 0.25) is 5.91 Å². The maximum atomic E-state index is 11.7. The summed E-state index contributed by atoms with van der Waals surface area (Å²) in [4.78, 5) is 11.7. The van der Waals surface area contributed by atoms with E-state index in [0.717, 1.165) is 40.8 Å². The van der Waals surface area contributed by atoms with Gasteiger partial charge in [-0.15, -0.1) is 0 Å². The lowest BCUT2D eigenvalue weighted by Crippen LogP contribution is -2.10. The van der Waals surface area contributed by atoms with Crippen molar-refractivity contribution in [1.29, 1.82) is 0 Å².